The molecule has 0 saturated heterocycles. The molecule has 0 aliphatic heterocycles. The Labute approximate surface area is 152 Å². The maximum atomic E-state index is 6.47. The van der Waals surface area contributed by atoms with Crippen LogP contribution >= 0.6 is 11.6 Å². The molecular formula is C19H21ClN4O. The predicted octanol–water partition coefficient (Wildman–Crippen LogP) is 4.88. The highest BCUT2D eigenvalue weighted by atomic mass is 35.5. The fraction of sp³-hybridized carbons (Fsp3) is 0.263. The maximum absolute atomic E-state index is 6.47. The van der Waals surface area contributed by atoms with E-state index < -0.39 is 0 Å². The molecule has 0 amide bonds. The standard InChI is InChI=1S/C19H21ClN4O/c1-4-24(5-2)18-9-6-13(10-16(18)20)23-19-15-8-7-14(25-3)11-17(15)21-12-22-19/h6-12H,4-5H2,1-3H3,(H,21,22,23). The zero-order valence-electron chi connectivity index (χ0n) is 14.6. The van der Waals surface area contributed by atoms with Gasteiger partial charge in [0.2, 0.25) is 0 Å². The van der Waals surface area contributed by atoms with Gasteiger partial charge in [0.05, 0.1) is 23.3 Å². The summed E-state index contributed by atoms with van der Waals surface area (Å²) < 4.78 is 5.25. The van der Waals surface area contributed by atoms with Gasteiger partial charge in [-0.2, -0.15) is 0 Å². The molecule has 130 valence electrons. The molecule has 5 nitrogen and oxygen atoms in total. The number of halogens is 1. The molecule has 0 unspecified atom stereocenters. The molecular weight excluding hydrogens is 336 g/mol. The number of aromatic nitrogens is 2. The first-order chi connectivity index (χ1) is 12.2. The second-order valence-corrected chi connectivity index (χ2v) is 5.98. The molecule has 0 aliphatic rings. The molecule has 0 bridgehead atoms. The van der Waals surface area contributed by atoms with Crippen molar-refractivity contribution in [3.8, 4) is 5.75 Å². The number of methoxy groups -OCH3 is 1. The second kappa shape index (κ2) is 7.57. The molecule has 1 aromatic heterocycles. The third-order valence-electron chi connectivity index (χ3n) is 4.16. The van der Waals surface area contributed by atoms with Gasteiger partial charge in [-0.15, -0.1) is 0 Å². The molecule has 3 aromatic rings. The molecule has 25 heavy (non-hydrogen) atoms. The van der Waals surface area contributed by atoms with Crippen LogP contribution in [0.4, 0.5) is 17.2 Å². The maximum Gasteiger partial charge on any atom is 0.141 e. The highest BCUT2D eigenvalue weighted by molar-refractivity contribution is 6.33. The van der Waals surface area contributed by atoms with E-state index in [4.69, 9.17) is 16.3 Å². The minimum Gasteiger partial charge on any atom is -0.497 e. The molecule has 0 radical (unpaired) electrons. The number of anilines is 3. The molecule has 3 rings (SSSR count). The van der Waals surface area contributed by atoms with Crippen molar-refractivity contribution in [1.29, 1.82) is 0 Å². The molecule has 6 heteroatoms. The largest absolute Gasteiger partial charge is 0.497 e. The van der Waals surface area contributed by atoms with E-state index in [1.807, 2.05) is 36.4 Å². The Morgan fingerprint density at radius 1 is 1.08 bits per heavy atom. The van der Waals surface area contributed by atoms with Crippen LogP contribution in [0.2, 0.25) is 5.02 Å². The second-order valence-electron chi connectivity index (χ2n) is 5.57. The summed E-state index contributed by atoms with van der Waals surface area (Å²) >= 11 is 6.47. The lowest BCUT2D eigenvalue weighted by Crippen LogP contribution is -2.22. The first kappa shape index (κ1) is 17.3. The SMILES string of the molecule is CCN(CC)c1ccc(Nc2ncnc3cc(OC)ccc23)cc1Cl. The number of hydrogen-bond acceptors (Lipinski definition) is 5. The lowest BCUT2D eigenvalue weighted by Gasteiger charge is -2.22. The Hall–Kier alpha value is -2.53. The third kappa shape index (κ3) is 3.61. The normalized spacial score (nSPS) is 10.7. The molecule has 1 N–H and O–H groups in total. The van der Waals surface area contributed by atoms with E-state index >= 15 is 0 Å². The lowest BCUT2D eigenvalue weighted by atomic mass is 10.2. The van der Waals surface area contributed by atoms with Crippen molar-refractivity contribution in [2.45, 2.75) is 13.8 Å². The van der Waals surface area contributed by atoms with Crippen LogP contribution in [0.3, 0.4) is 0 Å². The number of ether oxygens (including phenoxy) is 1. The lowest BCUT2D eigenvalue weighted by molar-refractivity contribution is 0.415. The minimum absolute atomic E-state index is 0.716. The zero-order chi connectivity index (χ0) is 17.8. The summed E-state index contributed by atoms with van der Waals surface area (Å²) in [4.78, 5) is 10.9. The molecule has 1 heterocycles. The van der Waals surface area contributed by atoms with Gasteiger partial charge in [0.15, 0.2) is 0 Å². The van der Waals surface area contributed by atoms with Crippen LogP contribution in [0.25, 0.3) is 10.9 Å². The van der Waals surface area contributed by atoms with Gasteiger partial charge in [0.1, 0.15) is 17.9 Å². The van der Waals surface area contributed by atoms with Crippen molar-refractivity contribution in [2.75, 3.05) is 30.4 Å². The predicted molar refractivity (Wildman–Crippen MR) is 104 cm³/mol. The fourth-order valence-electron chi connectivity index (χ4n) is 2.81. The first-order valence-corrected chi connectivity index (χ1v) is 8.64. The van der Waals surface area contributed by atoms with Gasteiger partial charge in [0.25, 0.3) is 0 Å². The number of benzene rings is 2. The van der Waals surface area contributed by atoms with E-state index in [-0.39, 0.29) is 0 Å². The number of rotatable bonds is 6. The van der Waals surface area contributed by atoms with Crippen LogP contribution in [0, 0.1) is 0 Å². The zero-order valence-corrected chi connectivity index (χ0v) is 15.3. The van der Waals surface area contributed by atoms with E-state index in [2.05, 4.69) is 34.0 Å². The van der Waals surface area contributed by atoms with Crippen molar-refractivity contribution >= 4 is 39.7 Å². The summed E-state index contributed by atoms with van der Waals surface area (Å²) in [7, 11) is 1.64. The van der Waals surface area contributed by atoms with E-state index in [9.17, 15) is 0 Å². The smallest absolute Gasteiger partial charge is 0.141 e. The van der Waals surface area contributed by atoms with Gasteiger partial charge >= 0.3 is 0 Å². The van der Waals surface area contributed by atoms with Crippen LogP contribution in [0.15, 0.2) is 42.7 Å². The summed E-state index contributed by atoms with van der Waals surface area (Å²) in [5.74, 6) is 1.50. The molecule has 0 spiro atoms. The van der Waals surface area contributed by atoms with Gasteiger partial charge in [-0.25, -0.2) is 9.97 Å². The Bertz CT molecular complexity index is 880. The summed E-state index contributed by atoms with van der Waals surface area (Å²) in [6.07, 6.45) is 1.54. The van der Waals surface area contributed by atoms with Gasteiger partial charge in [-0.1, -0.05) is 11.6 Å². The highest BCUT2D eigenvalue weighted by Gasteiger charge is 2.10. The molecule has 0 fully saturated rings. The summed E-state index contributed by atoms with van der Waals surface area (Å²) in [6.45, 7) is 6.07. The summed E-state index contributed by atoms with van der Waals surface area (Å²) in [5, 5.41) is 4.97. The van der Waals surface area contributed by atoms with Crippen LogP contribution in [-0.4, -0.2) is 30.2 Å². The molecule has 0 saturated carbocycles. The number of nitrogens with zero attached hydrogens (tertiary/aromatic N) is 3. The number of hydrogen-bond donors (Lipinski definition) is 1. The van der Waals surface area contributed by atoms with Crippen molar-refractivity contribution in [1.82, 2.24) is 9.97 Å². The van der Waals surface area contributed by atoms with Crippen molar-refractivity contribution < 1.29 is 4.74 Å². The van der Waals surface area contributed by atoms with Crippen molar-refractivity contribution in [3.05, 3.63) is 47.7 Å². The summed E-state index contributed by atoms with van der Waals surface area (Å²) in [6, 6.07) is 11.7. The topological polar surface area (TPSA) is 50.3 Å². The molecule has 0 atom stereocenters. The Morgan fingerprint density at radius 2 is 1.88 bits per heavy atom. The Balaban J connectivity index is 1.92. The van der Waals surface area contributed by atoms with Crippen LogP contribution < -0.4 is 15.0 Å². The number of fused-ring (bicyclic) bond motifs is 1. The highest BCUT2D eigenvalue weighted by Crippen LogP contribution is 2.31. The third-order valence-corrected chi connectivity index (χ3v) is 4.46. The fourth-order valence-corrected chi connectivity index (χ4v) is 3.11. The Morgan fingerprint density at radius 3 is 2.56 bits per heavy atom. The monoisotopic (exact) mass is 356 g/mol. The van der Waals surface area contributed by atoms with E-state index in [1.54, 1.807) is 7.11 Å². The first-order valence-electron chi connectivity index (χ1n) is 8.26. The van der Waals surface area contributed by atoms with Gasteiger partial charge in [0, 0.05) is 30.2 Å². The average Bonchev–Trinajstić information content (AvgIpc) is 2.64. The Kier molecular flexibility index (Phi) is 5.24. The quantitative estimate of drug-likeness (QED) is 0.682. The van der Waals surface area contributed by atoms with Gasteiger partial charge in [-0.3, -0.25) is 0 Å². The van der Waals surface area contributed by atoms with Crippen LogP contribution in [0.5, 0.6) is 5.75 Å². The van der Waals surface area contributed by atoms with E-state index in [1.165, 1.54) is 6.33 Å². The van der Waals surface area contributed by atoms with Crippen molar-refractivity contribution in [2.24, 2.45) is 0 Å². The van der Waals surface area contributed by atoms with Crippen LogP contribution in [-0.2, 0) is 0 Å². The van der Waals surface area contributed by atoms with E-state index in [0.29, 0.717) is 5.02 Å². The van der Waals surface area contributed by atoms with Gasteiger partial charge in [-0.05, 0) is 44.2 Å². The minimum atomic E-state index is 0.716. The molecule has 0 aliphatic carbocycles. The number of nitrogens with one attached hydrogen (secondary N) is 1. The van der Waals surface area contributed by atoms with Gasteiger partial charge < -0.3 is 15.0 Å². The molecule has 2 aromatic carbocycles. The van der Waals surface area contributed by atoms with Crippen molar-refractivity contribution in [3.63, 3.8) is 0 Å². The summed E-state index contributed by atoms with van der Waals surface area (Å²) in [5.41, 5.74) is 2.74. The van der Waals surface area contributed by atoms with Crippen LogP contribution in [0.1, 0.15) is 13.8 Å². The van der Waals surface area contributed by atoms with E-state index in [0.717, 1.165) is 46.9 Å². The average molecular weight is 357 g/mol.